The van der Waals surface area contributed by atoms with Gasteiger partial charge in [-0.3, -0.25) is 9.59 Å². The number of primary amides is 1. The number of carbonyl (C=O) groups is 2. The first-order valence-electron chi connectivity index (χ1n) is 11.3. The Morgan fingerprint density at radius 1 is 1.18 bits per heavy atom. The summed E-state index contributed by atoms with van der Waals surface area (Å²) in [4.78, 5) is 34.1. The zero-order valence-corrected chi connectivity index (χ0v) is 21.5. The number of anilines is 1. The van der Waals surface area contributed by atoms with E-state index in [1.165, 1.54) is 18.2 Å². The number of carbonyl (C=O) groups excluding carboxylic acids is 2. The first kappa shape index (κ1) is 26.6. The molecule has 7 nitrogen and oxygen atoms in total. The molecule has 0 saturated carbocycles. The molecule has 0 fully saturated rings. The van der Waals surface area contributed by atoms with Gasteiger partial charge in [0.15, 0.2) is 0 Å². The number of thiophene rings is 1. The molecule has 1 atom stereocenters. The number of hydrogen-bond donors (Lipinski definition) is 2. The SMILES string of the molecule is Cc1ccc(-c2cc(C(F)(F)F)nc3sc(C(N)=O)c(NC(=O)C4CC(c5c(F)cccc5Cl)=NO4)c23)cc1. The van der Waals surface area contributed by atoms with Crippen LogP contribution >= 0.6 is 22.9 Å². The average Bonchev–Trinajstić information content (AvgIpc) is 3.49. The summed E-state index contributed by atoms with van der Waals surface area (Å²) in [6.45, 7) is 1.82. The molecular weight excluding hydrogens is 560 g/mol. The summed E-state index contributed by atoms with van der Waals surface area (Å²) >= 11 is 6.71. The van der Waals surface area contributed by atoms with Crippen LogP contribution in [-0.4, -0.2) is 28.6 Å². The first-order valence-corrected chi connectivity index (χ1v) is 12.5. The highest BCUT2D eigenvalue weighted by Gasteiger charge is 2.36. The number of rotatable bonds is 5. The molecule has 2 aromatic carbocycles. The molecule has 13 heteroatoms. The quantitative estimate of drug-likeness (QED) is 0.271. The number of oxime groups is 1. The molecule has 1 unspecified atom stereocenters. The van der Waals surface area contributed by atoms with Gasteiger partial charge in [-0.15, -0.1) is 11.3 Å². The largest absolute Gasteiger partial charge is 0.433 e. The minimum Gasteiger partial charge on any atom is -0.382 e. The molecule has 4 aromatic rings. The molecule has 200 valence electrons. The highest BCUT2D eigenvalue weighted by molar-refractivity contribution is 7.21. The maximum atomic E-state index is 14.3. The lowest BCUT2D eigenvalue weighted by atomic mass is 9.99. The van der Waals surface area contributed by atoms with Gasteiger partial charge in [0.1, 0.15) is 21.2 Å². The van der Waals surface area contributed by atoms with Gasteiger partial charge in [-0.1, -0.05) is 52.7 Å². The normalized spacial score (nSPS) is 15.2. The van der Waals surface area contributed by atoms with Crippen LogP contribution in [0.4, 0.5) is 23.2 Å². The number of aryl methyl sites for hydroxylation is 1. The molecule has 0 bridgehead atoms. The molecule has 2 aromatic heterocycles. The van der Waals surface area contributed by atoms with Crippen molar-refractivity contribution in [2.75, 3.05) is 5.32 Å². The Bertz CT molecular complexity index is 1650. The number of nitrogens with zero attached hydrogens (tertiary/aromatic N) is 2. The lowest BCUT2D eigenvalue weighted by Gasteiger charge is -2.14. The van der Waals surface area contributed by atoms with Gasteiger partial charge in [-0.2, -0.15) is 13.2 Å². The summed E-state index contributed by atoms with van der Waals surface area (Å²) in [5, 5.41) is 6.54. The van der Waals surface area contributed by atoms with Crippen LogP contribution in [0.1, 0.15) is 32.9 Å². The Labute approximate surface area is 227 Å². The first-order chi connectivity index (χ1) is 18.4. The molecule has 0 aliphatic carbocycles. The average molecular weight is 577 g/mol. The summed E-state index contributed by atoms with van der Waals surface area (Å²) < 4.78 is 55.5. The molecule has 3 heterocycles. The predicted molar refractivity (Wildman–Crippen MR) is 139 cm³/mol. The molecule has 3 N–H and O–H groups in total. The number of fused-ring (bicyclic) bond motifs is 1. The van der Waals surface area contributed by atoms with Crippen molar-refractivity contribution in [3.63, 3.8) is 0 Å². The molecule has 2 amide bonds. The minimum atomic E-state index is -4.77. The van der Waals surface area contributed by atoms with Gasteiger partial charge in [0.2, 0.25) is 6.10 Å². The smallest absolute Gasteiger partial charge is 0.382 e. The Balaban J connectivity index is 1.57. The van der Waals surface area contributed by atoms with Crippen molar-refractivity contribution in [2.24, 2.45) is 10.9 Å². The fraction of sp³-hybridized carbons (Fsp3) is 0.154. The van der Waals surface area contributed by atoms with Gasteiger partial charge in [0, 0.05) is 11.8 Å². The van der Waals surface area contributed by atoms with E-state index in [9.17, 15) is 27.2 Å². The highest BCUT2D eigenvalue weighted by Crippen LogP contribution is 2.44. The molecule has 5 rings (SSSR count). The van der Waals surface area contributed by atoms with Crippen molar-refractivity contribution in [3.05, 3.63) is 81.1 Å². The number of halogens is 5. The van der Waals surface area contributed by atoms with E-state index in [1.54, 1.807) is 24.3 Å². The lowest BCUT2D eigenvalue weighted by molar-refractivity contribution is -0.140. The van der Waals surface area contributed by atoms with Crippen molar-refractivity contribution in [1.82, 2.24) is 4.98 Å². The third-order valence-electron chi connectivity index (χ3n) is 6.00. The van der Waals surface area contributed by atoms with Crippen LogP contribution < -0.4 is 11.1 Å². The number of alkyl halides is 3. The van der Waals surface area contributed by atoms with E-state index in [-0.39, 0.29) is 49.1 Å². The lowest BCUT2D eigenvalue weighted by Crippen LogP contribution is -2.29. The molecule has 0 radical (unpaired) electrons. The predicted octanol–water partition coefficient (Wildman–Crippen LogP) is 6.31. The second kappa shape index (κ2) is 9.93. The van der Waals surface area contributed by atoms with Gasteiger partial charge >= 0.3 is 6.18 Å². The van der Waals surface area contributed by atoms with Crippen LogP contribution in [0.25, 0.3) is 21.3 Å². The van der Waals surface area contributed by atoms with E-state index in [1.807, 2.05) is 6.92 Å². The number of nitrogens with one attached hydrogen (secondary N) is 1. The highest BCUT2D eigenvalue weighted by atomic mass is 35.5. The molecular formula is C26H17ClF4N4O3S. The van der Waals surface area contributed by atoms with E-state index in [0.29, 0.717) is 16.9 Å². The summed E-state index contributed by atoms with van der Waals surface area (Å²) in [7, 11) is 0. The van der Waals surface area contributed by atoms with Gasteiger partial charge < -0.3 is 15.9 Å². The van der Waals surface area contributed by atoms with E-state index < -0.39 is 35.6 Å². The monoisotopic (exact) mass is 576 g/mol. The fourth-order valence-electron chi connectivity index (χ4n) is 4.14. The number of hydrogen-bond acceptors (Lipinski definition) is 6. The van der Waals surface area contributed by atoms with Crippen molar-refractivity contribution in [3.8, 4) is 11.1 Å². The van der Waals surface area contributed by atoms with Crippen molar-refractivity contribution < 1.29 is 32.0 Å². The maximum Gasteiger partial charge on any atom is 0.433 e. The summed E-state index contributed by atoms with van der Waals surface area (Å²) in [6.07, 6.45) is -6.16. The number of pyridine rings is 1. The van der Waals surface area contributed by atoms with E-state index >= 15 is 0 Å². The zero-order valence-electron chi connectivity index (χ0n) is 19.9. The molecule has 0 spiro atoms. The minimum absolute atomic E-state index is 0.0150. The van der Waals surface area contributed by atoms with Crippen LogP contribution in [0.5, 0.6) is 0 Å². The van der Waals surface area contributed by atoms with Crippen molar-refractivity contribution in [1.29, 1.82) is 0 Å². The van der Waals surface area contributed by atoms with Gasteiger partial charge in [-0.05, 0) is 36.2 Å². The molecule has 1 aliphatic heterocycles. The van der Waals surface area contributed by atoms with E-state index in [2.05, 4.69) is 15.5 Å². The van der Waals surface area contributed by atoms with E-state index in [0.717, 1.165) is 11.6 Å². The Kier molecular flexibility index (Phi) is 6.77. The van der Waals surface area contributed by atoms with Crippen molar-refractivity contribution in [2.45, 2.75) is 25.6 Å². The second-order valence-corrected chi connectivity index (χ2v) is 10.1. The van der Waals surface area contributed by atoms with Crippen LogP contribution in [0, 0.1) is 12.7 Å². The Morgan fingerprint density at radius 3 is 2.54 bits per heavy atom. The molecule has 0 saturated heterocycles. The van der Waals surface area contributed by atoms with Crippen LogP contribution in [0.15, 0.2) is 53.7 Å². The summed E-state index contributed by atoms with van der Waals surface area (Å²) in [5.41, 5.74) is 5.71. The Hall–Kier alpha value is -4.03. The van der Waals surface area contributed by atoms with Gasteiger partial charge in [0.05, 0.1) is 22.0 Å². The number of nitrogens with two attached hydrogens (primary N) is 1. The van der Waals surface area contributed by atoms with Crippen LogP contribution in [-0.2, 0) is 15.8 Å². The fourth-order valence-corrected chi connectivity index (χ4v) is 5.42. The van der Waals surface area contributed by atoms with Gasteiger partial charge in [-0.25, -0.2) is 9.37 Å². The maximum absolute atomic E-state index is 14.3. The summed E-state index contributed by atoms with van der Waals surface area (Å²) in [5.74, 6) is -2.41. The van der Waals surface area contributed by atoms with Gasteiger partial charge in [0.25, 0.3) is 11.8 Å². The standard InChI is InChI=1S/C26H17ClF4N4O3S/c1-11-5-7-12(8-6-11)13-9-18(26(29,30)31)33-25-19(13)21(22(39-25)23(32)36)34-24(37)17-10-16(35-38-17)20-14(27)3-2-4-15(20)28/h2-9,17H,10H2,1H3,(H2,32,36)(H,34,37). The van der Waals surface area contributed by atoms with Crippen LogP contribution in [0.3, 0.4) is 0 Å². The summed E-state index contributed by atoms with van der Waals surface area (Å²) in [6, 6.07) is 11.6. The zero-order chi connectivity index (χ0) is 28.1. The molecule has 39 heavy (non-hydrogen) atoms. The van der Waals surface area contributed by atoms with Crippen LogP contribution in [0.2, 0.25) is 5.02 Å². The number of aromatic nitrogens is 1. The number of amides is 2. The van der Waals surface area contributed by atoms with E-state index in [4.69, 9.17) is 22.2 Å². The van der Waals surface area contributed by atoms with Crippen molar-refractivity contribution >= 4 is 56.4 Å². The number of benzene rings is 2. The Morgan fingerprint density at radius 2 is 1.90 bits per heavy atom. The third kappa shape index (κ3) is 5.04. The topological polar surface area (TPSA) is 107 Å². The molecule has 1 aliphatic rings. The second-order valence-electron chi connectivity index (χ2n) is 8.69. The third-order valence-corrected chi connectivity index (χ3v) is 7.41.